The average molecular weight is 591 g/mol. The zero-order valence-electron chi connectivity index (χ0n) is 23.6. The van der Waals surface area contributed by atoms with E-state index in [4.69, 9.17) is 21.1 Å². The summed E-state index contributed by atoms with van der Waals surface area (Å²) in [5.41, 5.74) is 2.36. The molecule has 10 heteroatoms. The third kappa shape index (κ3) is 8.08. The standard InChI is InChI=1S/C32H31ClN2O7/c1-20(37)26-13-10-23(33)18-28(26)27(14-15-36)30(42-4)19-35(2)29(17-21-6-5-7-25(16-21)41-3)31(38)34-24-11-8-22(9-12-24)32(39)40/h5-16,18-19,29H,17H2,1-4H3,(H,34,38)(H,39,40)/b27-14-,30-19+. The van der Waals surface area contributed by atoms with Crippen LogP contribution < -0.4 is 10.1 Å². The van der Waals surface area contributed by atoms with Gasteiger partial charge in [0.05, 0.1) is 19.8 Å². The summed E-state index contributed by atoms with van der Waals surface area (Å²) in [4.78, 5) is 50.6. The summed E-state index contributed by atoms with van der Waals surface area (Å²) in [5, 5.41) is 12.4. The number of nitrogens with one attached hydrogen (secondary N) is 1. The highest BCUT2D eigenvalue weighted by Gasteiger charge is 2.25. The lowest BCUT2D eigenvalue weighted by Gasteiger charge is -2.28. The van der Waals surface area contributed by atoms with Crippen molar-refractivity contribution < 1.29 is 33.8 Å². The molecule has 3 aromatic carbocycles. The summed E-state index contributed by atoms with van der Waals surface area (Å²) < 4.78 is 11.0. The first-order valence-corrected chi connectivity index (χ1v) is 13.2. The van der Waals surface area contributed by atoms with Crippen LogP contribution >= 0.6 is 11.6 Å². The van der Waals surface area contributed by atoms with Crippen LogP contribution in [0.5, 0.6) is 5.75 Å². The number of carboxylic acid groups (broad SMARTS) is 1. The topological polar surface area (TPSA) is 122 Å². The number of hydrogen-bond acceptors (Lipinski definition) is 7. The van der Waals surface area contributed by atoms with Crippen LogP contribution in [-0.2, 0) is 20.7 Å². The lowest BCUT2D eigenvalue weighted by atomic mass is 9.95. The van der Waals surface area contributed by atoms with E-state index in [2.05, 4.69) is 5.32 Å². The van der Waals surface area contributed by atoms with E-state index in [1.54, 1.807) is 49.5 Å². The van der Waals surface area contributed by atoms with Crippen molar-refractivity contribution in [3.63, 3.8) is 0 Å². The molecular weight excluding hydrogens is 560 g/mol. The van der Waals surface area contributed by atoms with Gasteiger partial charge < -0.3 is 24.8 Å². The van der Waals surface area contributed by atoms with E-state index in [1.807, 2.05) is 18.2 Å². The first kappa shape index (κ1) is 31.6. The maximum atomic E-state index is 13.7. The van der Waals surface area contributed by atoms with Crippen molar-refractivity contribution >= 4 is 46.8 Å². The molecular formula is C32H31ClN2O7. The van der Waals surface area contributed by atoms with Gasteiger partial charge in [-0.2, -0.15) is 0 Å². The van der Waals surface area contributed by atoms with Gasteiger partial charge in [0.2, 0.25) is 5.91 Å². The van der Waals surface area contributed by atoms with E-state index in [0.29, 0.717) is 39.4 Å². The maximum absolute atomic E-state index is 13.7. The molecule has 9 nitrogen and oxygen atoms in total. The smallest absolute Gasteiger partial charge is 0.335 e. The lowest BCUT2D eigenvalue weighted by Crippen LogP contribution is -2.41. The number of anilines is 1. The normalized spacial score (nSPS) is 12.2. The fraction of sp³-hybridized carbons (Fsp3) is 0.188. The van der Waals surface area contributed by atoms with Crippen molar-refractivity contribution in [2.75, 3.05) is 26.6 Å². The fourth-order valence-corrected chi connectivity index (χ4v) is 4.46. The summed E-state index contributed by atoms with van der Waals surface area (Å²) in [6.07, 6.45) is 3.66. The number of nitrogens with zero attached hydrogens (tertiary/aromatic N) is 1. The van der Waals surface area contributed by atoms with Gasteiger partial charge in [-0.25, -0.2) is 4.79 Å². The minimum absolute atomic E-state index is 0.0890. The van der Waals surface area contributed by atoms with E-state index in [1.165, 1.54) is 44.4 Å². The minimum atomic E-state index is -1.08. The van der Waals surface area contributed by atoms with Crippen molar-refractivity contribution in [2.45, 2.75) is 19.4 Å². The molecule has 0 spiro atoms. The van der Waals surface area contributed by atoms with E-state index in [0.717, 1.165) is 5.56 Å². The molecule has 218 valence electrons. The molecule has 0 aliphatic heterocycles. The Balaban J connectivity index is 2.05. The first-order chi connectivity index (χ1) is 20.1. The monoisotopic (exact) mass is 590 g/mol. The van der Waals surface area contributed by atoms with Gasteiger partial charge in [0.25, 0.3) is 0 Å². The Kier molecular flexibility index (Phi) is 11.0. The van der Waals surface area contributed by atoms with Crippen LogP contribution in [0.25, 0.3) is 5.57 Å². The zero-order valence-corrected chi connectivity index (χ0v) is 24.3. The van der Waals surface area contributed by atoms with Crippen LogP contribution in [0.1, 0.15) is 38.8 Å². The molecule has 0 fully saturated rings. The van der Waals surface area contributed by atoms with Crippen LogP contribution in [0.15, 0.2) is 84.8 Å². The van der Waals surface area contributed by atoms with E-state index in [-0.39, 0.29) is 29.4 Å². The summed E-state index contributed by atoms with van der Waals surface area (Å²) in [7, 11) is 4.65. The molecule has 0 bridgehead atoms. The molecule has 1 unspecified atom stereocenters. The summed E-state index contributed by atoms with van der Waals surface area (Å²) in [6.45, 7) is 1.41. The molecule has 42 heavy (non-hydrogen) atoms. The first-order valence-electron chi connectivity index (χ1n) is 12.8. The third-order valence-electron chi connectivity index (χ3n) is 6.45. The number of amides is 1. The van der Waals surface area contributed by atoms with Crippen LogP contribution in [0.3, 0.4) is 0 Å². The molecule has 0 aliphatic carbocycles. The average Bonchev–Trinajstić information content (AvgIpc) is 2.97. The second kappa shape index (κ2) is 14.7. The lowest BCUT2D eigenvalue weighted by molar-refractivity contribution is -0.120. The Bertz CT molecular complexity index is 1530. The van der Waals surface area contributed by atoms with Crippen LogP contribution in [-0.4, -0.2) is 61.3 Å². The second-order valence-corrected chi connectivity index (χ2v) is 9.71. The number of aromatic carboxylic acids is 1. The maximum Gasteiger partial charge on any atom is 0.335 e. The largest absolute Gasteiger partial charge is 0.497 e. The Labute approximate surface area is 249 Å². The van der Waals surface area contributed by atoms with Gasteiger partial charge in [-0.15, -0.1) is 0 Å². The molecule has 0 radical (unpaired) electrons. The number of halogens is 1. The predicted molar refractivity (Wildman–Crippen MR) is 161 cm³/mol. The second-order valence-electron chi connectivity index (χ2n) is 9.27. The van der Waals surface area contributed by atoms with Gasteiger partial charge in [0.15, 0.2) is 5.78 Å². The van der Waals surface area contributed by atoms with Crippen molar-refractivity contribution in [2.24, 2.45) is 0 Å². The minimum Gasteiger partial charge on any atom is -0.497 e. The number of likely N-dealkylation sites (N-methyl/N-ethyl adjacent to an activating group) is 1. The molecule has 0 aromatic heterocycles. The molecule has 3 rings (SSSR count). The molecule has 2 N–H and O–H groups in total. The molecule has 1 atom stereocenters. The number of benzene rings is 3. The van der Waals surface area contributed by atoms with Crippen LogP contribution in [0.2, 0.25) is 5.02 Å². The quantitative estimate of drug-likeness (QED) is 0.0879. The van der Waals surface area contributed by atoms with Crippen LogP contribution in [0, 0.1) is 0 Å². The van der Waals surface area contributed by atoms with Crippen molar-refractivity contribution in [3.8, 4) is 5.75 Å². The van der Waals surface area contributed by atoms with Gasteiger partial charge >= 0.3 is 5.97 Å². The number of ether oxygens (including phenoxy) is 2. The Morgan fingerprint density at radius 1 is 1.02 bits per heavy atom. The molecule has 1 amide bonds. The van der Waals surface area contributed by atoms with Gasteiger partial charge in [0, 0.05) is 41.5 Å². The fourth-order valence-electron chi connectivity index (χ4n) is 4.29. The van der Waals surface area contributed by atoms with Crippen molar-refractivity contribution in [1.82, 2.24) is 4.90 Å². The molecule has 3 aromatic rings. The summed E-state index contributed by atoms with van der Waals surface area (Å²) in [5.74, 6) is -0.855. The van der Waals surface area contributed by atoms with Crippen LogP contribution in [0.4, 0.5) is 5.69 Å². The number of hydrogen-bond donors (Lipinski definition) is 2. The van der Waals surface area contributed by atoms with Crippen molar-refractivity contribution in [1.29, 1.82) is 0 Å². The summed E-state index contributed by atoms with van der Waals surface area (Å²) >= 11 is 6.24. The molecule has 0 saturated heterocycles. The number of carbonyl (C=O) groups is 4. The predicted octanol–water partition coefficient (Wildman–Crippen LogP) is 5.50. The van der Waals surface area contributed by atoms with E-state index < -0.39 is 12.0 Å². The highest BCUT2D eigenvalue weighted by molar-refractivity contribution is 6.31. The third-order valence-corrected chi connectivity index (χ3v) is 6.68. The number of ketones is 1. The SMILES string of the molecule is COC(=C/N(C)C(Cc1cccc(OC)c1)C(=O)Nc1ccc(C(=O)O)cc1)/C(=C\C=O)c1cc(Cl)ccc1C(C)=O. The van der Waals surface area contributed by atoms with E-state index in [9.17, 15) is 24.3 Å². The molecule has 0 heterocycles. The van der Waals surface area contributed by atoms with Gasteiger partial charge in [-0.3, -0.25) is 14.4 Å². The highest BCUT2D eigenvalue weighted by atomic mass is 35.5. The van der Waals surface area contributed by atoms with Crippen molar-refractivity contribution in [3.05, 3.63) is 112 Å². The van der Waals surface area contributed by atoms with Gasteiger partial charge in [-0.1, -0.05) is 23.7 Å². The summed E-state index contributed by atoms with van der Waals surface area (Å²) in [6, 6.07) is 17.0. The van der Waals surface area contributed by atoms with Gasteiger partial charge in [-0.05, 0) is 78.7 Å². The number of Topliss-reactive ketones (excluding diaryl/α,β-unsaturated/α-hetero) is 1. The number of carboxylic acids is 1. The Hall–Kier alpha value is -4.89. The number of methoxy groups -OCH3 is 2. The molecule has 0 saturated carbocycles. The number of aldehydes is 1. The highest BCUT2D eigenvalue weighted by Crippen LogP contribution is 2.30. The number of rotatable bonds is 13. The molecule has 0 aliphatic rings. The Morgan fingerprint density at radius 3 is 2.33 bits per heavy atom. The van der Waals surface area contributed by atoms with Gasteiger partial charge in [0.1, 0.15) is 23.8 Å². The number of carbonyl (C=O) groups excluding carboxylic acids is 3. The zero-order chi connectivity index (χ0) is 30.8. The Morgan fingerprint density at radius 2 is 1.74 bits per heavy atom. The number of allylic oxidation sites excluding steroid dienone is 2. The van der Waals surface area contributed by atoms with E-state index >= 15 is 0 Å².